The predicted molar refractivity (Wildman–Crippen MR) is 70.6 cm³/mol. The molecule has 0 radical (unpaired) electrons. The Labute approximate surface area is 115 Å². The first kappa shape index (κ1) is 14.1. The van der Waals surface area contributed by atoms with Crippen LogP contribution in [0.25, 0.3) is 11.3 Å². The van der Waals surface area contributed by atoms with E-state index in [1.54, 1.807) is 0 Å². The first-order valence-electron chi connectivity index (χ1n) is 5.50. The van der Waals surface area contributed by atoms with Gasteiger partial charge in [-0.25, -0.2) is 13.2 Å². The second-order valence-corrected chi connectivity index (χ2v) is 6.12. The normalized spacial score (nSPS) is 11.3. The molecule has 2 rings (SSSR count). The molecule has 0 fully saturated rings. The van der Waals surface area contributed by atoms with Crippen molar-refractivity contribution in [2.45, 2.75) is 4.90 Å². The Morgan fingerprint density at radius 1 is 1.35 bits per heavy atom. The van der Waals surface area contributed by atoms with Gasteiger partial charge in [-0.05, 0) is 24.3 Å². The lowest BCUT2D eigenvalue weighted by Crippen LogP contribution is -1.98. The first-order valence-corrected chi connectivity index (χ1v) is 7.39. The zero-order chi connectivity index (χ0) is 14.9. The largest absolute Gasteiger partial charge is 0.496 e. The number of ether oxygens (including phenoxy) is 1. The van der Waals surface area contributed by atoms with Crippen molar-refractivity contribution >= 4 is 15.8 Å². The molecule has 0 saturated carbocycles. The molecule has 2 N–H and O–H groups in total. The molecule has 2 aromatic rings. The number of carboxylic acid groups (broad SMARTS) is 1. The highest BCUT2D eigenvalue weighted by molar-refractivity contribution is 7.90. The highest BCUT2D eigenvalue weighted by atomic mass is 32.2. The Balaban J connectivity index is 2.54. The molecule has 7 nitrogen and oxygen atoms in total. The zero-order valence-electron chi connectivity index (χ0n) is 10.7. The van der Waals surface area contributed by atoms with Crippen LogP contribution in [-0.4, -0.2) is 43.1 Å². The monoisotopic (exact) mass is 296 g/mol. The van der Waals surface area contributed by atoms with Crippen molar-refractivity contribution in [1.29, 1.82) is 0 Å². The van der Waals surface area contributed by atoms with E-state index in [9.17, 15) is 13.2 Å². The number of carboxylic acids is 1. The minimum atomic E-state index is -3.34. The molecule has 1 aromatic heterocycles. The molecule has 0 amide bonds. The highest BCUT2D eigenvalue weighted by Gasteiger charge is 2.16. The molecule has 20 heavy (non-hydrogen) atoms. The van der Waals surface area contributed by atoms with Crippen LogP contribution in [0.15, 0.2) is 29.2 Å². The molecule has 0 aliphatic rings. The first-order chi connectivity index (χ1) is 9.32. The number of aromatic carboxylic acids is 1. The number of nitrogens with zero attached hydrogens (tertiary/aromatic N) is 1. The van der Waals surface area contributed by atoms with E-state index < -0.39 is 15.8 Å². The van der Waals surface area contributed by atoms with Crippen molar-refractivity contribution in [3.05, 3.63) is 30.0 Å². The van der Waals surface area contributed by atoms with E-state index in [1.807, 2.05) is 0 Å². The number of aromatic nitrogens is 2. The number of benzene rings is 1. The van der Waals surface area contributed by atoms with Gasteiger partial charge in [0.15, 0.2) is 9.84 Å². The van der Waals surface area contributed by atoms with Crippen LogP contribution in [0.4, 0.5) is 0 Å². The van der Waals surface area contributed by atoms with Gasteiger partial charge in [0.25, 0.3) is 0 Å². The maximum absolute atomic E-state index is 11.5. The molecule has 1 heterocycles. The topological polar surface area (TPSA) is 109 Å². The molecule has 106 valence electrons. The van der Waals surface area contributed by atoms with Crippen molar-refractivity contribution in [2.75, 3.05) is 13.4 Å². The molecule has 0 unspecified atom stereocenters. The van der Waals surface area contributed by atoms with E-state index in [0.717, 1.165) is 6.26 Å². The summed E-state index contributed by atoms with van der Waals surface area (Å²) in [7, 11) is -1.95. The number of nitrogens with one attached hydrogen (secondary N) is 1. The number of H-pyrrole nitrogens is 1. The summed E-state index contributed by atoms with van der Waals surface area (Å²) in [6.07, 6.45) is 1.10. The van der Waals surface area contributed by atoms with Gasteiger partial charge in [0.05, 0.1) is 17.7 Å². The number of sulfone groups is 1. The minimum Gasteiger partial charge on any atom is -0.496 e. The highest BCUT2D eigenvalue weighted by Crippen LogP contribution is 2.31. The fraction of sp³-hybridized carbons (Fsp3) is 0.167. The van der Waals surface area contributed by atoms with Gasteiger partial charge in [0.1, 0.15) is 11.4 Å². The van der Waals surface area contributed by atoms with Crippen LogP contribution in [0.5, 0.6) is 5.75 Å². The Hall–Kier alpha value is -2.35. The molecule has 0 atom stereocenters. The van der Waals surface area contributed by atoms with Crippen molar-refractivity contribution in [3.8, 4) is 17.0 Å². The Kier molecular flexibility index (Phi) is 3.49. The van der Waals surface area contributed by atoms with Crippen molar-refractivity contribution < 1.29 is 23.1 Å². The van der Waals surface area contributed by atoms with E-state index in [-0.39, 0.29) is 10.6 Å². The van der Waals surface area contributed by atoms with Gasteiger partial charge in [-0.15, -0.1) is 0 Å². The summed E-state index contributed by atoms with van der Waals surface area (Å²) in [6.45, 7) is 0. The van der Waals surface area contributed by atoms with E-state index >= 15 is 0 Å². The Morgan fingerprint density at radius 3 is 2.55 bits per heavy atom. The number of methoxy groups -OCH3 is 1. The Bertz CT molecular complexity index is 764. The van der Waals surface area contributed by atoms with Crippen LogP contribution >= 0.6 is 0 Å². The molecule has 8 heteroatoms. The third-order valence-electron chi connectivity index (χ3n) is 2.69. The van der Waals surface area contributed by atoms with Gasteiger partial charge in [-0.3, -0.25) is 5.10 Å². The smallest absolute Gasteiger partial charge is 0.353 e. The fourth-order valence-electron chi connectivity index (χ4n) is 1.68. The van der Waals surface area contributed by atoms with Crippen LogP contribution in [0.1, 0.15) is 10.5 Å². The van der Waals surface area contributed by atoms with E-state index in [1.165, 1.54) is 31.4 Å². The Morgan fingerprint density at radius 2 is 2.05 bits per heavy atom. The predicted octanol–water partition coefficient (Wildman–Crippen LogP) is 1.19. The quantitative estimate of drug-likeness (QED) is 0.877. The van der Waals surface area contributed by atoms with E-state index in [4.69, 9.17) is 9.84 Å². The summed E-state index contributed by atoms with van der Waals surface area (Å²) in [5.41, 5.74) is 0.803. The third kappa shape index (κ3) is 2.64. The van der Waals surface area contributed by atoms with Crippen LogP contribution in [0.3, 0.4) is 0 Å². The van der Waals surface area contributed by atoms with Crippen molar-refractivity contribution in [2.24, 2.45) is 0 Å². The number of hydrogen-bond acceptors (Lipinski definition) is 5. The molecule has 1 aromatic carbocycles. The standard InChI is InChI=1S/C12H12N2O5S/c1-19-11-5-7(20(2,17)18)3-4-8(11)9-6-10(12(15)16)14-13-9/h3-6H,1-2H3,(H,13,14)(H,15,16). The van der Waals surface area contributed by atoms with E-state index in [0.29, 0.717) is 17.0 Å². The number of rotatable bonds is 4. The second kappa shape index (κ2) is 4.97. The van der Waals surface area contributed by atoms with Gasteiger partial charge in [-0.1, -0.05) is 0 Å². The third-order valence-corrected chi connectivity index (χ3v) is 3.80. The summed E-state index contributed by atoms with van der Waals surface area (Å²) in [5, 5.41) is 15.1. The summed E-state index contributed by atoms with van der Waals surface area (Å²) in [4.78, 5) is 10.9. The zero-order valence-corrected chi connectivity index (χ0v) is 11.6. The SMILES string of the molecule is COc1cc(S(C)(=O)=O)ccc1-c1cc(C(=O)O)[nH]n1. The molecule has 0 saturated heterocycles. The molecular formula is C12H12N2O5S. The number of hydrogen-bond donors (Lipinski definition) is 2. The lowest BCUT2D eigenvalue weighted by atomic mass is 10.1. The van der Waals surface area contributed by atoms with Gasteiger partial charge >= 0.3 is 5.97 Å². The summed E-state index contributed by atoms with van der Waals surface area (Å²) >= 11 is 0. The van der Waals surface area contributed by atoms with E-state index in [2.05, 4.69) is 10.2 Å². The lowest BCUT2D eigenvalue weighted by Gasteiger charge is -2.08. The summed E-state index contributed by atoms with van der Waals surface area (Å²) in [5.74, 6) is -0.827. The maximum atomic E-state index is 11.5. The fourth-order valence-corrected chi connectivity index (χ4v) is 2.32. The lowest BCUT2D eigenvalue weighted by molar-refractivity contribution is 0.0690. The molecular weight excluding hydrogens is 284 g/mol. The van der Waals surface area contributed by atoms with Gasteiger partial charge in [0.2, 0.25) is 0 Å². The average Bonchev–Trinajstić information content (AvgIpc) is 2.86. The molecule has 0 aliphatic carbocycles. The minimum absolute atomic E-state index is 0.0609. The molecule has 0 aliphatic heterocycles. The van der Waals surface area contributed by atoms with Gasteiger partial charge in [-0.2, -0.15) is 5.10 Å². The number of aromatic amines is 1. The van der Waals surface area contributed by atoms with Crippen molar-refractivity contribution in [1.82, 2.24) is 10.2 Å². The average molecular weight is 296 g/mol. The second-order valence-electron chi connectivity index (χ2n) is 4.11. The maximum Gasteiger partial charge on any atom is 0.353 e. The summed E-state index contributed by atoms with van der Waals surface area (Å²) in [6, 6.07) is 5.67. The van der Waals surface area contributed by atoms with Crippen LogP contribution in [-0.2, 0) is 9.84 Å². The van der Waals surface area contributed by atoms with Crippen LogP contribution in [0, 0.1) is 0 Å². The molecule has 0 bridgehead atoms. The van der Waals surface area contributed by atoms with Crippen molar-refractivity contribution in [3.63, 3.8) is 0 Å². The van der Waals surface area contributed by atoms with Gasteiger partial charge < -0.3 is 9.84 Å². The van der Waals surface area contributed by atoms with Gasteiger partial charge in [0, 0.05) is 11.8 Å². The number of carbonyl (C=O) groups is 1. The molecule has 0 spiro atoms. The summed E-state index contributed by atoms with van der Waals surface area (Å²) < 4.78 is 28.1. The van der Waals surface area contributed by atoms with Crippen LogP contribution < -0.4 is 4.74 Å². The van der Waals surface area contributed by atoms with Crippen LogP contribution in [0.2, 0.25) is 0 Å².